The number of halogens is 1. The van der Waals surface area contributed by atoms with E-state index in [9.17, 15) is 4.39 Å². The van der Waals surface area contributed by atoms with E-state index in [0.29, 0.717) is 0 Å². The molecule has 0 heterocycles. The zero-order chi connectivity index (χ0) is 13.1. The molecule has 0 saturated heterocycles. The molecule has 0 fully saturated rings. The Labute approximate surface area is 108 Å². The van der Waals surface area contributed by atoms with Gasteiger partial charge >= 0.3 is 0 Å². The molecule has 2 aromatic carbocycles. The summed E-state index contributed by atoms with van der Waals surface area (Å²) in [5, 5.41) is 3.15. The van der Waals surface area contributed by atoms with Crippen LogP contribution in [-0.4, -0.2) is 7.05 Å². The molecule has 2 rings (SSSR count). The highest BCUT2D eigenvalue weighted by molar-refractivity contribution is 5.71. The van der Waals surface area contributed by atoms with Gasteiger partial charge < -0.3 is 5.32 Å². The molecule has 0 unspecified atom stereocenters. The summed E-state index contributed by atoms with van der Waals surface area (Å²) in [4.78, 5) is 0. The van der Waals surface area contributed by atoms with Crippen molar-refractivity contribution in [3.05, 3.63) is 58.9 Å². The Balaban J connectivity index is 2.61. The van der Waals surface area contributed by atoms with Crippen molar-refractivity contribution in [1.29, 1.82) is 0 Å². The van der Waals surface area contributed by atoms with Gasteiger partial charge in [-0.05, 0) is 55.3 Å². The van der Waals surface area contributed by atoms with E-state index in [2.05, 4.69) is 30.4 Å². The Morgan fingerprint density at radius 1 is 1.00 bits per heavy atom. The van der Waals surface area contributed by atoms with E-state index in [0.717, 1.165) is 23.2 Å². The molecule has 0 aliphatic carbocycles. The van der Waals surface area contributed by atoms with Gasteiger partial charge in [0.1, 0.15) is 5.82 Å². The molecule has 0 bridgehead atoms. The molecule has 94 valence electrons. The fourth-order valence-corrected chi connectivity index (χ4v) is 2.17. The van der Waals surface area contributed by atoms with Crippen molar-refractivity contribution >= 4 is 0 Å². The average Bonchev–Trinajstić information content (AvgIpc) is 2.35. The maximum absolute atomic E-state index is 13.4. The van der Waals surface area contributed by atoms with Gasteiger partial charge in [0.05, 0.1) is 0 Å². The van der Waals surface area contributed by atoms with Crippen molar-refractivity contribution in [2.24, 2.45) is 0 Å². The Hall–Kier alpha value is -1.67. The maximum atomic E-state index is 13.4. The van der Waals surface area contributed by atoms with Crippen molar-refractivity contribution < 1.29 is 4.39 Å². The average molecular weight is 243 g/mol. The second-order valence-corrected chi connectivity index (χ2v) is 4.65. The number of aryl methyl sites for hydroxylation is 2. The topological polar surface area (TPSA) is 12.0 Å². The summed E-state index contributed by atoms with van der Waals surface area (Å²) >= 11 is 0. The minimum absolute atomic E-state index is 0.187. The first-order valence-electron chi connectivity index (χ1n) is 6.12. The largest absolute Gasteiger partial charge is 0.316 e. The smallest absolute Gasteiger partial charge is 0.123 e. The minimum Gasteiger partial charge on any atom is -0.316 e. The van der Waals surface area contributed by atoms with Gasteiger partial charge in [-0.1, -0.05) is 29.8 Å². The van der Waals surface area contributed by atoms with Gasteiger partial charge in [-0.25, -0.2) is 4.39 Å². The summed E-state index contributed by atoms with van der Waals surface area (Å²) in [5.41, 5.74) is 5.56. The van der Waals surface area contributed by atoms with Crippen molar-refractivity contribution in [3.63, 3.8) is 0 Å². The van der Waals surface area contributed by atoms with Crippen molar-refractivity contribution in [2.75, 3.05) is 7.05 Å². The standard InChI is InChI=1S/C16H18FN/c1-11-4-6-13(10-18-3)16(8-11)15-9-14(17)7-5-12(15)2/h4-9,18H,10H2,1-3H3. The van der Waals surface area contributed by atoms with Crippen LogP contribution in [0.2, 0.25) is 0 Å². The normalized spacial score (nSPS) is 10.7. The lowest BCUT2D eigenvalue weighted by molar-refractivity contribution is 0.628. The van der Waals surface area contributed by atoms with Gasteiger partial charge in [0.25, 0.3) is 0 Å². The van der Waals surface area contributed by atoms with Crippen molar-refractivity contribution in [2.45, 2.75) is 20.4 Å². The Kier molecular flexibility index (Phi) is 3.78. The second-order valence-electron chi connectivity index (χ2n) is 4.65. The van der Waals surface area contributed by atoms with E-state index in [1.807, 2.05) is 20.0 Å². The Morgan fingerprint density at radius 3 is 2.50 bits per heavy atom. The highest BCUT2D eigenvalue weighted by Gasteiger charge is 2.08. The number of benzene rings is 2. The molecule has 0 radical (unpaired) electrons. The maximum Gasteiger partial charge on any atom is 0.123 e. The van der Waals surface area contributed by atoms with Gasteiger partial charge in [0, 0.05) is 6.54 Å². The van der Waals surface area contributed by atoms with Gasteiger partial charge in [0.15, 0.2) is 0 Å². The minimum atomic E-state index is -0.187. The van der Waals surface area contributed by atoms with Gasteiger partial charge in [-0.15, -0.1) is 0 Å². The van der Waals surface area contributed by atoms with Gasteiger partial charge in [-0.2, -0.15) is 0 Å². The molecule has 18 heavy (non-hydrogen) atoms. The summed E-state index contributed by atoms with van der Waals surface area (Å²) < 4.78 is 13.4. The van der Waals surface area contributed by atoms with E-state index < -0.39 is 0 Å². The first-order chi connectivity index (χ1) is 8.61. The zero-order valence-electron chi connectivity index (χ0n) is 11.0. The van der Waals surface area contributed by atoms with Crippen LogP contribution >= 0.6 is 0 Å². The molecule has 0 amide bonds. The Bertz CT molecular complexity index is 561. The molecule has 0 atom stereocenters. The molecule has 0 aromatic heterocycles. The third-order valence-electron chi connectivity index (χ3n) is 3.12. The first kappa shape index (κ1) is 12.8. The number of rotatable bonds is 3. The molecule has 1 nitrogen and oxygen atoms in total. The van der Waals surface area contributed by atoms with Gasteiger partial charge in [0.2, 0.25) is 0 Å². The SMILES string of the molecule is CNCc1ccc(C)cc1-c1cc(F)ccc1C. The predicted molar refractivity (Wildman–Crippen MR) is 74.1 cm³/mol. The summed E-state index contributed by atoms with van der Waals surface area (Å²) in [5.74, 6) is -0.187. The lowest BCUT2D eigenvalue weighted by Crippen LogP contribution is -2.06. The molecule has 0 aliphatic heterocycles. The zero-order valence-corrected chi connectivity index (χ0v) is 11.0. The number of hydrogen-bond donors (Lipinski definition) is 1. The predicted octanol–water partition coefficient (Wildman–Crippen LogP) is 3.83. The quantitative estimate of drug-likeness (QED) is 0.864. The van der Waals surface area contributed by atoms with Crippen molar-refractivity contribution in [1.82, 2.24) is 5.32 Å². The lowest BCUT2D eigenvalue weighted by Gasteiger charge is -2.13. The van der Waals surface area contributed by atoms with Crippen LogP contribution in [0.25, 0.3) is 11.1 Å². The van der Waals surface area contributed by atoms with Gasteiger partial charge in [-0.3, -0.25) is 0 Å². The Morgan fingerprint density at radius 2 is 1.78 bits per heavy atom. The third kappa shape index (κ3) is 2.59. The first-order valence-corrected chi connectivity index (χ1v) is 6.12. The monoisotopic (exact) mass is 243 g/mol. The summed E-state index contributed by atoms with van der Waals surface area (Å²) in [6, 6.07) is 11.3. The van der Waals surface area contributed by atoms with Crippen LogP contribution in [-0.2, 0) is 6.54 Å². The summed E-state index contributed by atoms with van der Waals surface area (Å²) in [6.45, 7) is 4.85. The molecule has 2 aromatic rings. The highest BCUT2D eigenvalue weighted by atomic mass is 19.1. The molecule has 0 saturated carbocycles. The van der Waals surface area contributed by atoms with E-state index in [1.54, 1.807) is 6.07 Å². The fourth-order valence-electron chi connectivity index (χ4n) is 2.17. The van der Waals surface area contributed by atoms with Crippen LogP contribution in [0.1, 0.15) is 16.7 Å². The summed E-state index contributed by atoms with van der Waals surface area (Å²) in [6.07, 6.45) is 0. The molecule has 0 spiro atoms. The molecular weight excluding hydrogens is 225 g/mol. The van der Waals surface area contributed by atoms with E-state index >= 15 is 0 Å². The van der Waals surface area contributed by atoms with E-state index in [1.165, 1.54) is 17.2 Å². The van der Waals surface area contributed by atoms with E-state index in [4.69, 9.17) is 0 Å². The fraction of sp³-hybridized carbons (Fsp3) is 0.250. The van der Waals surface area contributed by atoms with E-state index in [-0.39, 0.29) is 5.82 Å². The molecular formula is C16H18FN. The van der Waals surface area contributed by atoms with Crippen LogP contribution < -0.4 is 5.32 Å². The molecule has 0 aliphatic rings. The van der Waals surface area contributed by atoms with Crippen LogP contribution in [0.5, 0.6) is 0 Å². The third-order valence-corrected chi connectivity index (χ3v) is 3.12. The second kappa shape index (κ2) is 5.32. The van der Waals surface area contributed by atoms with Crippen LogP contribution in [0, 0.1) is 19.7 Å². The number of hydrogen-bond acceptors (Lipinski definition) is 1. The van der Waals surface area contributed by atoms with Crippen LogP contribution in [0.15, 0.2) is 36.4 Å². The molecule has 2 heteroatoms. The highest BCUT2D eigenvalue weighted by Crippen LogP contribution is 2.28. The molecule has 1 N–H and O–H groups in total. The van der Waals surface area contributed by atoms with Crippen LogP contribution in [0.4, 0.5) is 4.39 Å². The lowest BCUT2D eigenvalue weighted by atomic mass is 9.94. The summed E-state index contributed by atoms with van der Waals surface area (Å²) in [7, 11) is 1.92. The number of nitrogens with one attached hydrogen (secondary N) is 1. The van der Waals surface area contributed by atoms with Crippen molar-refractivity contribution in [3.8, 4) is 11.1 Å². The van der Waals surface area contributed by atoms with Crippen LogP contribution in [0.3, 0.4) is 0 Å².